The van der Waals surface area contributed by atoms with E-state index in [1.807, 2.05) is 17.0 Å². The standard InChI is InChI=1S/C16H22N4O2/c21-15-13(4-1-2-8-18-15)19-16(22)20-11-3-5-14(20)12-6-9-17-10-7-12/h6-7,9-10,13-14H,1-5,8,11H2,(H,18,21)(H,19,22)/t13-,14+/m0/s1. The monoisotopic (exact) mass is 302 g/mol. The molecule has 3 heterocycles. The summed E-state index contributed by atoms with van der Waals surface area (Å²) in [5.41, 5.74) is 1.10. The van der Waals surface area contributed by atoms with Crippen LogP contribution in [0, 0.1) is 0 Å². The number of carbonyl (C=O) groups is 2. The summed E-state index contributed by atoms with van der Waals surface area (Å²) in [4.78, 5) is 30.4. The van der Waals surface area contributed by atoms with E-state index in [-0.39, 0.29) is 18.0 Å². The van der Waals surface area contributed by atoms with Crippen LogP contribution in [0.2, 0.25) is 0 Å². The zero-order valence-corrected chi connectivity index (χ0v) is 12.6. The molecule has 1 aromatic rings. The molecule has 3 amide bonds. The molecule has 2 N–H and O–H groups in total. The van der Waals surface area contributed by atoms with E-state index in [0.717, 1.165) is 37.8 Å². The van der Waals surface area contributed by atoms with E-state index in [2.05, 4.69) is 15.6 Å². The number of nitrogens with zero attached hydrogens (tertiary/aromatic N) is 2. The molecule has 0 saturated carbocycles. The number of hydrogen-bond donors (Lipinski definition) is 2. The lowest BCUT2D eigenvalue weighted by Crippen LogP contribution is -2.50. The van der Waals surface area contributed by atoms with E-state index in [1.54, 1.807) is 12.4 Å². The Labute approximate surface area is 130 Å². The summed E-state index contributed by atoms with van der Waals surface area (Å²) in [5.74, 6) is -0.0643. The van der Waals surface area contributed by atoms with Gasteiger partial charge in [-0.2, -0.15) is 0 Å². The smallest absolute Gasteiger partial charge is 0.318 e. The van der Waals surface area contributed by atoms with Crippen LogP contribution in [-0.4, -0.2) is 41.0 Å². The molecule has 3 rings (SSSR count). The van der Waals surface area contributed by atoms with Gasteiger partial charge in [0.15, 0.2) is 0 Å². The zero-order chi connectivity index (χ0) is 15.4. The summed E-state index contributed by atoms with van der Waals surface area (Å²) < 4.78 is 0. The Morgan fingerprint density at radius 1 is 1.23 bits per heavy atom. The summed E-state index contributed by atoms with van der Waals surface area (Å²) in [6.07, 6.45) is 8.08. The Morgan fingerprint density at radius 3 is 2.86 bits per heavy atom. The fraction of sp³-hybridized carbons (Fsp3) is 0.562. The molecule has 6 nitrogen and oxygen atoms in total. The van der Waals surface area contributed by atoms with Gasteiger partial charge in [0.2, 0.25) is 5.91 Å². The van der Waals surface area contributed by atoms with E-state index in [9.17, 15) is 9.59 Å². The number of rotatable bonds is 2. The van der Waals surface area contributed by atoms with Crippen molar-refractivity contribution in [1.29, 1.82) is 0 Å². The van der Waals surface area contributed by atoms with Crippen LogP contribution in [0.25, 0.3) is 0 Å². The van der Waals surface area contributed by atoms with Crippen LogP contribution in [0.4, 0.5) is 4.79 Å². The number of nitrogens with one attached hydrogen (secondary N) is 2. The van der Waals surface area contributed by atoms with Crippen molar-refractivity contribution in [3.8, 4) is 0 Å². The minimum Gasteiger partial charge on any atom is -0.354 e. The number of carbonyl (C=O) groups excluding carboxylic acids is 2. The fourth-order valence-electron chi connectivity index (χ4n) is 3.25. The van der Waals surface area contributed by atoms with Crippen LogP contribution in [0.5, 0.6) is 0 Å². The Balaban J connectivity index is 1.67. The molecule has 0 aliphatic carbocycles. The lowest BCUT2D eigenvalue weighted by atomic mass is 10.1. The molecule has 0 bridgehead atoms. The Morgan fingerprint density at radius 2 is 2.05 bits per heavy atom. The maximum absolute atomic E-state index is 12.6. The predicted octanol–water partition coefficient (Wildman–Crippen LogP) is 1.60. The maximum atomic E-state index is 12.6. The predicted molar refractivity (Wildman–Crippen MR) is 82.1 cm³/mol. The summed E-state index contributed by atoms with van der Waals surface area (Å²) in [7, 11) is 0. The molecule has 2 aliphatic rings. The molecule has 1 aromatic heterocycles. The van der Waals surface area contributed by atoms with Crippen molar-refractivity contribution < 1.29 is 9.59 Å². The van der Waals surface area contributed by atoms with E-state index < -0.39 is 6.04 Å². The van der Waals surface area contributed by atoms with Gasteiger partial charge in [-0.25, -0.2) is 4.79 Å². The highest BCUT2D eigenvalue weighted by molar-refractivity contribution is 5.87. The van der Waals surface area contributed by atoms with E-state index in [4.69, 9.17) is 0 Å². The summed E-state index contributed by atoms with van der Waals surface area (Å²) in [6, 6.07) is 3.44. The molecule has 2 aliphatic heterocycles. The zero-order valence-electron chi connectivity index (χ0n) is 12.6. The molecule has 118 valence electrons. The van der Waals surface area contributed by atoms with Crippen molar-refractivity contribution in [1.82, 2.24) is 20.5 Å². The third-order valence-electron chi connectivity index (χ3n) is 4.44. The number of pyridine rings is 1. The lowest BCUT2D eigenvalue weighted by molar-refractivity contribution is -0.122. The number of aromatic nitrogens is 1. The first-order valence-electron chi connectivity index (χ1n) is 8.00. The molecule has 0 spiro atoms. The summed E-state index contributed by atoms with van der Waals surface area (Å²) in [5, 5.41) is 5.76. The van der Waals surface area contributed by atoms with Gasteiger partial charge in [-0.05, 0) is 49.8 Å². The van der Waals surface area contributed by atoms with Crippen molar-refractivity contribution in [2.45, 2.75) is 44.2 Å². The molecule has 0 radical (unpaired) electrons. The minimum absolute atomic E-state index is 0.0643. The number of hydrogen-bond acceptors (Lipinski definition) is 3. The third kappa shape index (κ3) is 3.21. The van der Waals surface area contributed by atoms with Crippen LogP contribution in [0.15, 0.2) is 24.5 Å². The van der Waals surface area contributed by atoms with Gasteiger partial charge in [0, 0.05) is 25.5 Å². The highest BCUT2D eigenvalue weighted by atomic mass is 16.2. The SMILES string of the molecule is O=C1NCCCC[C@@H]1NC(=O)N1CCC[C@@H]1c1ccncc1. The lowest BCUT2D eigenvalue weighted by Gasteiger charge is -2.27. The second kappa shape index (κ2) is 6.77. The highest BCUT2D eigenvalue weighted by Crippen LogP contribution is 2.31. The van der Waals surface area contributed by atoms with Crippen LogP contribution >= 0.6 is 0 Å². The highest BCUT2D eigenvalue weighted by Gasteiger charge is 2.32. The molecule has 0 unspecified atom stereocenters. The number of urea groups is 1. The molecular weight excluding hydrogens is 280 g/mol. The van der Waals surface area contributed by atoms with Gasteiger partial charge in [0.05, 0.1) is 6.04 Å². The van der Waals surface area contributed by atoms with Crippen molar-refractivity contribution in [2.24, 2.45) is 0 Å². The van der Waals surface area contributed by atoms with Crippen LogP contribution < -0.4 is 10.6 Å². The minimum atomic E-state index is -0.409. The van der Waals surface area contributed by atoms with Gasteiger partial charge in [0.1, 0.15) is 6.04 Å². The van der Waals surface area contributed by atoms with Crippen LogP contribution in [-0.2, 0) is 4.79 Å². The first-order valence-corrected chi connectivity index (χ1v) is 8.00. The van der Waals surface area contributed by atoms with Crippen molar-refractivity contribution in [2.75, 3.05) is 13.1 Å². The van der Waals surface area contributed by atoms with Crippen LogP contribution in [0.1, 0.15) is 43.7 Å². The second-order valence-corrected chi connectivity index (χ2v) is 5.92. The topological polar surface area (TPSA) is 74.3 Å². The van der Waals surface area contributed by atoms with Crippen LogP contribution in [0.3, 0.4) is 0 Å². The van der Waals surface area contributed by atoms with Crippen molar-refractivity contribution >= 4 is 11.9 Å². The summed E-state index contributed by atoms with van der Waals surface area (Å²) >= 11 is 0. The third-order valence-corrected chi connectivity index (χ3v) is 4.44. The molecule has 2 fully saturated rings. The first-order chi connectivity index (χ1) is 10.8. The Kier molecular flexibility index (Phi) is 4.56. The largest absolute Gasteiger partial charge is 0.354 e. The van der Waals surface area contributed by atoms with Gasteiger partial charge in [-0.1, -0.05) is 0 Å². The van der Waals surface area contributed by atoms with E-state index in [0.29, 0.717) is 13.0 Å². The Bertz CT molecular complexity index is 534. The van der Waals surface area contributed by atoms with Gasteiger partial charge in [-0.3, -0.25) is 9.78 Å². The molecule has 0 aromatic carbocycles. The number of amides is 3. The average Bonchev–Trinajstić information content (AvgIpc) is 2.95. The van der Waals surface area contributed by atoms with Gasteiger partial charge < -0.3 is 15.5 Å². The van der Waals surface area contributed by atoms with Crippen molar-refractivity contribution in [3.05, 3.63) is 30.1 Å². The molecule has 6 heteroatoms. The van der Waals surface area contributed by atoms with E-state index in [1.165, 1.54) is 0 Å². The molecular formula is C16H22N4O2. The van der Waals surface area contributed by atoms with Gasteiger partial charge >= 0.3 is 6.03 Å². The van der Waals surface area contributed by atoms with Crippen molar-refractivity contribution in [3.63, 3.8) is 0 Å². The van der Waals surface area contributed by atoms with Gasteiger partial charge in [0.25, 0.3) is 0 Å². The average molecular weight is 302 g/mol. The quantitative estimate of drug-likeness (QED) is 0.871. The molecule has 2 saturated heterocycles. The second-order valence-electron chi connectivity index (χ2n) is 5.92. The Hall–Kier alpha value is -2.11. The number of likely N-dealkylation sites (tertiary alicyclic amines) is 1. The van der Waals surface area contributed by atoms with Gasteiger partial charge in [-0.15, -0.1) is 0 Å². The van der Waals surface area contributed by atoms with E-state index >= 15 is 0 Å². The normalized spacial score (nSPS) is 25.5. The fourth-order valence-corrected chi connectivity index (χ4v) is 3.25. The molecule has 2 atom stereocenters. The first kappa shape index (κ1) is 14.8. The molecule has 22 heavy (non-hydrogen) atoms. The maximum Gasteiger partial charge on any atom is 0.318 e. The summed E-state index contributed by atoms with van der Waals surface area (Å²) in [6.45, 7) is 1.43.